The second-order valence-corrected chi connectivity index (χ2v) is 5.55. The maximum atomic E-state index is 12.4. The number of para-hydroxylation sites is 2. The van der Waals surface area contributed by atoms with E-state index in [-0.39, 0.29) is 18.0 Å². The number of nitrogens with one attached hydrogen (secondary N) is 2. The summed E-state index contributed by atoms with van der Waals surface area (Å²) in [4.78, 5) is 12.1. The number of nitrogens with zero attached hydrogens (tertiary/aromatic N) is 2. The average Bonchev–Trinajstić information content (AvgIpc) is 2.86. The molecular formula is C17H22F2N4O3. The van der Waals surface area contributed by atoms with E-state index in [1.807, 2.05) is 18.5 Å². The number of hydrogen-bond donors (Lipinski definition) is 2. The van der Waals surface area contributed by atoms with Crippen molar-refractivity contribution in [3.8, 4) is 5.75 Å². The summed E-state index contributed by atoms with van der Waals surface area (Å²) in [5, 5.41) is 9.63. The van der Waals surface area contributed by atoms with Gasteiger partial charge in [0.05, 0.1) is 24.5 Å². The van der Waals surface area contributed by atoms with E-state index < -0.39 is 12.6 Å². The minimum Gasteiger partial charge on any atom is -0.433 e. The van der Waals surface area contributed by atoms with Gasteiger partial charge in [-0.1, -0.05) is 12.1 Å². The second-order valence-electron chi connectivity index (χ2n) is 5.55. The number of urea groups is 1. The predicted molar refractivity (Wildman–Crippen MR) is 92.5 cm³/mol. The maximum absolute atomic E-state index is 12.4. The molecule has 7 nitrogen and oxygen atoms in total. The van der Waals surface area contributed by atoms with Gasteiger partial charge >= 0.3 is 12.6 Å². The molecule has 0 saturated carbocycles. The van der Waals surface area contributed by atoms with E-state index in [0.29, 0.717) is 13.2 Å². The Morgan fingerprint density at radius 3 is 2.73 bits per heavy atom. The van der Waals surface area contributed by atoms with E-state index in [2.05, 4.69) is 20.5 Å². The molecule has 1 aromatic heterocycles. The Morgan fingerprint density at radius 2 is 2.04 bits per heavy atom. The SMILES string of the molecule is COCCn1nc(C)c(CNC(=O)Nc2ccccc2OC(F)F)c1C. The van der Waals surface area contributed by atoms with Crippen LogP contribution in [0.25, 0.3) is 0 Å². The first-order valence-corrected chi connectivity index (χ1v) is 8.03. The summed E-state index contributed by atoms with van der Waals surface area (Å²) in [6.45, 7) is 2.22. The summed E-state index contributed by atoms with van der Waals surface area (Å²) < 4.78 is 36.1. The third-order valence-electron chi connectivity index (χ3n) is 3.82. The highest BCUT2D eigenvalue weighted by Crippen LogP contribution is 2.25. The molecule has 2 aromatic rings. The van der Waals surface area contributed by atoms with Crippen molar-refractivity contribution < 1.29 is 23.0 Å². The van der Waals surface area contributed by atoms with Gasteiger partial charge in [-0.2, -0.15) is 13.9 Å². The quantitative estimate of drug-likeness (QED) is 0.751. The number of carbonyl (C=O) groups excluding carboxylic acids is 1. The van der Waals surface area contributed by atoms with Gasteiger partial charge in [0.15, 0.2) is 0 Å². The van der Waals surface area contributed by atoms with E-state index in [1.54, 1.807) is 19.2 Å². The standard InChI is InChI=1S/C17H22F2N4O3/c1-11-13(12(2)23(22-11)8-9-25-3)10-20-17(24)21-14-6-4-5-7-15(14)26-16(18)19/h4-7,16H,8-10H2,1-3H3,(H2,20,21,24). The van der Waals surface area contributed by atoms with Crippen molar-refractivity contribution in [2.45, 2.75) is 33.5 Å². The monoisotopic (exact) mass is 368 g/mol. The van der Waals surface area contributed by atoms with Crippen LogP contribution in [0.2, 0.25) is 0 Å². The van der Waals surface area contributed by atoms with E-state index >= 15 is 0 Å². The van der Waals surface area contributed by atoms with Crippen LogP contribution in [0.3, 0.4) is 0 Å². The lowest BCUT2D eigenvalue weighted by atomic mass is 10.2. The fourth-order valence-corrected chi connectivity index (χ4v) is 2.49. The number of anilines is 1. The normalized spacial score (nSPS) is 10.8. The van der Waals surface area contributed by atoms with Crippen molar-refractivity contribution >= 4 is 11.7 Å². The van der Waals surface area contributed by atoms with E-state index in [0.717, 1.165) is 17.0 Å². The Hall–Kier alpha value is -2.68. The number of methoxy groups -OCH3 is 1. The fraction of sp³-hybridized carbons (Fsp3) is 0.412. The van der Waals surface area contributed by atoms with Crippen LogP contribution >= 0.6 is 0 Å². The van der Waals surface area contributed by atoms with Crippen LogP contribution in [0.1, 0.15) is 17.0 Å². The molecular weight excluding hydrogens is 346 g/mol. The average molecular weight is 368 g/mol. The van der Waals surface area contributed by atoms with Crippen LogP contribution in [0.4, 0.5) is 19.3 Å². The minimum absolute atomic E-state index is 0.0996. The summed E-state index contributed by atoms with van der Waals surface area (Å²) in [6, 6.07) is 5.47. The molecule has 26 heavy (non-hydrogen) atoms. The predicted octanol–water partition coefficient (Wildman–Crippen LogP) is 3.07. The molecule has 142 valence electrons. The summed E-state index contributed by atoms with van der Waals surface area (Å²) in [5.74, 6) is -0.0996. The van der Waals surface area contributed by atoms with Gasteiger partial charge in [0.1, 0.15) is 5.75 Å². The lowest BCUT2D eigenvalue weighted by Gasteiger charge is -2.12. The van der Waals surface area contributed by atoms with Gasteiger partial charge in [-0.05, 0) is 26.0 Å². The van der Waals surface area contributed by atoms with Crippen LogP contribution < -0.4 is 15.4 Å². The van der Waals surface area contributed by atoms with Crippen molar-refractivity contribution in [2.75, 3.05) is 19.0 Å². The van der Waals surface area contributed by atoms with Crippen LogP contribution in [-0.4, -0.2) is 36.1 Å². The van der Waals surface area contributed by atoms with Crippen molar-refractivity contribution in [1.82, 2.24) is 15.1 Å². The molecule has 0 saturated heterocycles. The molecule has 1 heterocycles. The zero-order valence-electron chi connectivity index (χ0n) is 14.9. The molecule has 2 rings (SSSR count). The first-order chi connectivity index (χ1) is 12.4. The molecule has 0 aliphatic heterocycles. The number of benzene rings is 1. The molecule has 0 aliphatic carbocycles. The minimum atomic E-state index is -2.97. The van der Waals surface area contributed by atoms with Crippen LogP contribution in [-0.2, 0) is 17.8 Å². The second kappa shape index (κ2) is 9.14. The number of hydrogen-bond acceptors (Lipinski definition) is 4. The molecule has 0 radical (unpaired) electrons. The Kier molecular flexibility index (Phi) is 6.90. The number of rotatable bonds is 8. The fourth-order valence-electron chi connectivity index (χ4n) is 2.49. The molecule has 0 fully saturated rings. The molecule has 0 atom stereocenters. The Morgan fingerprint density at radius 1 is 1.31 bits per heavy atom. The lowest BCUT2D eigenvalue weighted by molar-refractivity contribution is -0.0493. The molecule has 2 amide bonds. The largest absolute Gasteiger partial charge is 0.433 e. The van der Waals surface area contributed by atoms with Gasteiger partial charge in [0.25, 0.3) is 0 Å². The molecule has 2 N–H and O–H groups in total. The van der Waals surface area contributed by atoms with Gasteiger partial charge < -0.3 is 20.1 Å². The molecule has 9 heteroatoms. The van der Waals surface area contributed by atoms with E-state index in [4.69, 9.17) is 4.74 Å². The van der Waals surface area contributed by atoms with Crippen molar-refractivity contribution in [3.05, 3.63) is 41.2 Å². The zero-order valence-corrected chi connectivity index (χ0v) is 14.9. The smallest absolute Gasteiger partial charge is 0.387 e. The number of alkyl halides is 2. The first-order valence-electron chi connectivity index (χ1n) is 8.03. The number of ether oxygens (including phenoxy) is 2. The van der Waals surface area contributed by atoms with Gasteiger partial charge in [-0.3, -0.25) is 4.68 Å². The van der Waals surface area contributed by atoms with Gasteiger partial charge in [-0.25, -0.2) is 4.79 Å². The topological polar surface area (TPSA) is 77.4 Å². The summed E-state index contributed by atoms with van der Waals surface area (Å²) >= 11 is 0. The Labute approximate surface area is 150 Å². The highest BCUT2D eigenvalue weighted by molar-refractivity contribution is 5.90. The molecule has 0 aliphatic rings. The van der Waals surface area contributed by atoms with Gasteiger partial charge in [-0.15, -0.1) is 0 Å². The maximum Gasteiger partial charge on any atom is 0.387 e. The van der Waals surface area contributed by atoms with Crippen molar-refractivity contribution in [3.63, 3.8) is 0 Å². The summed E-state index contributed by atoms with van der Waals surface area (Å²) in [5.41, 5.74) is 2.80. The highest BCUT2D eigenvalue weighted by Gasteiger charge is 2.14. The Balaban J connectivity index is 1.99. The molecule has 1 aromatic carbocycles. The Bertz CT molecular complexity index is 750. The summed E-state index contributed by atoms with van der Waals surface area (Å²) in [6.07, 6.45) is 0. The lowest BCUT2D eigenvalue weighted by Crippen LogP contribution is -2.29. The van der Waals surface area contributed by atoms with Gasteiger partial charge in [0.2, 0.25) is 0 Å². The number of amides is 2. The van der Waals surface area contributed by atoms with Crippen LogP contribution in [0, 0.1) is 13.8 Å². The van der Waals surface area contributed by atoms with Crippen molar-refractivity contribution in [2.24, 2.45) is 0 Å². The third-order valence-corrected chi connectivity index (χ3v) is 3.82. The van der Waals surface area contributed by atoms with E-state index in [1.165, 1.54) is 12.1 Å². The summed E-state index contributed by atoms with van der Waals surface area (Å²) in [7, 11) is 1.62. The molecule has 0 bridgehead atoms. The van der Waals surface area contributed by atoms with Gasteiger partial charge in [0, 0.05) is 24.9 Å². The number of aryl methyl sites for hydroxylation is 1. The van der Waals surface area contributed by atoms with Crippen LogP contribution in [0.15, 0.2) is 24.3 Å². The highest BCUT2D eigenvalue weighted by atomic mass is 19.3. The van der Waals surface area contributed by atoms with E-state index in [9.17, 15) is 13.6 Å². The van der Waals surface area contributed by atoms with Crippen LogP contribution in [0.5, 0.6) is 5.75 Å². The number of carbonyl (C=O) groups is 1. The zero-order chi connectivity index (χ0) is 19.1. The number of aromatic nitrogens is 2. The number of halogens is 2. The van der Waals surface area contributed by atoms with Crippen molar-refractivity contribution in [1.29, 1.82) is 0 Å². The first kappa shape index (κ1) is 19.6. The third kappa shape index (κ3) is 5.16. The molecule has 0 spiro atoms. The molecule has 0 unspecified atom stereocenters.